The van der Waals surface area contributed by atoms with E-state index in [4.69, 9.17) is 9.47 Å². The van der Waals surface area contributed by atoms with Crippen molar-refractivity contribution in [3.63, 3.8) is 0 Å². The molecular formula is C20H31IN4O4. The van der Waals surface area contributed by atoms with Crippen molar-refractivity contribution in [1.29, 1.82) is 0 Å². The Labute approximate surface area is 189 Å². The lowest BCUT2D eigenvalue weighted by Crippen LogP contribution is -2.53. The van der Waals surface area contributed by atoms with Gasteiger partial charge in [-0.1, -0.05) is 0 Å². The second-order valence-electron chi connectivity index (χ2n) is 6.95. The molecule has 2 aliphatic heterocycles. The van der Waals surface area contributed by atoms with Gasteiger partial charge in [0.15, 0.2) is 5.96 Å². The highest BCUT2D eigenvalue weighted by Gasteiger charge is 2.32. The van der Waals surface area contributed by atoms with Gasteiger partial charge in [-0.05, 0) is 44.0 Å². The van der Waals surface area contributed by atoms with E-state index in [1.165, 1.54) is 12.1 Å². The zero-order chi connectivity index (χ0) is 19.8. The number of hydrogen-bond donors (Lipinski definition) is 3. The normalized spacial score (nSPS) is 22.1. The highest BCUT2D eigenvalue weighted by atomic mass is 127. The number of phenolic OH excluding ortho intramolecular Hbond substituents is 1. The van der Waals surface area contributed by atoms with Crippen LogP contribution in [-0.2, 0) is 9.47 Å². The largest absolute Gasteiger partial charge is 0.508 e. The third-order valence-corrected chi connectivity index (χ3v) is 4.90. The Hall–Kier alpha value is -1.59. The van der Waals surface area contributed by atoms with Crippen molar-refractivity contribution in [3.05, 3.63) is 29.8 Å². The van der Waals surface area contributed by atoms with E-state index in [1.807, 2.05) is 6.92 Å². The highest BCUT2D eigenvalue weighted by Crippen LogP contribution is 2.21. The number of ether oxygens (including phenoxy) is 2. The molecular weight excluding hydrogens is 487 g/mol. The Morgan fingerprint density at radius 1 is 1.21 bits per heavy atom. The number of rotatable bonds is 6. The van der Waals surface area contributed by atoms with Crippen molar-refractivity contribution in [3.8, 4) is 5.75 Å². The number of aliphatic imine (C=N–C) groups is 1. The molecule has 29 heavy (non-hydrogen) atoms. The summed E-state index contributed by atoms with van der Waals surface area (Å²) < 4.78 is 11.7. The SMILES string of the molecule is CCNC(=NCCNC(=O)c1ccc(O)cc1)N1CCOC(C2CCCO2)C1.I. The van der Waals surface area contributed by atoms with Crippen LogP contribution in [-0.4, -0.2) is 80.0 Å². The number of aromatic hydroxyl groups is 1. The van der Waals surface area contributed by atoms with E-state index in [-0.39, 0.29) is 47.8 Å². The second-order valence-corrected chi connectivity index (χ2v) is 6.95. The Morgan fingerprint density at radius 2 is 1.97 bits per heavy atom. The summed E-state index contributed by atoms with van der Waals surface area (Å²) in [5.74, 6) is 0.806. The van der Waals surface area contributed by atoms with Gasteiger partial charge in [0.05, 0.1) is 19.3 Å². The minimum atomic E-state index is -0.176. The van der Waals surface area contributed by atoms with Gasteiger partial charge in [0.2, 0.25) is 0 Å². The van der Waals surface area contributed by atoms with E-state index in [0.717, 1.165) is 45.0 Å². The molecule has 162 valence electrons. The quantitative estimate of drug-likeness (QED) is 0.229. The number of carbonyl (C=O) groups excluding carboxylic acids is 1. The first kappa shape index (κ1) is 23.7. The van der Waals surface area contributed by atoms with E-state index in [0.29, 0.717) is 25.3 Å². The summed E-state index contributed by atoms with van der Waals surface area (Å²) in [7, 11) is 0. The molecule has 3 rings (SSSR count). The van der Waals surface area contributed by atoms with Crippen LogP contribution >= 0.6 is 24.0 Å². The molecule has 1 aromatic carbocycles. The van der Waals surface area contributed by atoms with Crippen molar-refractivity contribution >= 4 is 35.8 Å². The van der Waals surface area contributed by atoms with Crippen LogP contribution in [0.1, 0.15) is 30.1 Å². The maximum Gasteiger partial charge on any atom is 0.251 e. The summed E-state index contributed by atoms with van der Waals surface area (Å²) in [5, 5.41) is 15.5. The van der Waals surface area contributed by atoms with E-state index >= 15 is 0 Å². The standard InChI is InChI=1S/C20H30N4O4.HI/c1-2-21-20(24-11-13-28-18(14-24)17-4-3-12-27-17)23-10-9-22-19(26)15-5-7-16(25)8-6-15;/h5-8,17-18,25H,2-4,9-14H2,1H3,(H,21,23)(H,22,26);1H. The van der Waals surface area contributed by atoms with Crippen molar-refractivity contribution in [2.24, 2.45) is 4.99 Å². The van der Waals surface area contributed by atoms with Crippen molar-refractivity contribution in [1.82, 2.24) is 15.5 Å². The summed E-state index contributed by atoms with van der Waals surface area (Å²) in [4.78, 5) is 19.0. The fourth-order valence-electron chi connectivity index (χ4n) is 3.46. The molecule has 2 fully saturated rings. The molecule has 1 aromatic rings. The molecule has 2 aliphatic rings. The molecule has 9 heteroatoms. The van der Waals surface area contributed by atoms with E-state index in [1.54, 1.807) is 12.1 Å². The van der Waals surface area contributed by atoms with Crippen LogP contribution < -0.4 is 10.6 Å². The summed E-state index contributed by atoms with van der Waals surface area (Å²) in [6.45, 7) is 6.76. The number of hydrogen-bond acceptors (Lipinski definition) is 5. The predicted octanol–water partition coefficient (Wildman–Crippen LogP) is 1.59. The molecule has 0 aromatic heterocycles. The van der Waals surface area contributed by atoms with Crippen LogP contribution in [0, 0.1) is 0 Å². The number of benzene rings is 1. The Morgan fingerprint density at radius 3 is 2.66 bits per heavy atom. The second kappa shape index (κ2) is 12.2. The molecule has 0 aliphatic carbocycles. The van der Waals surface area contributed by atoms with Gasteiger partial charge in [0.25, 0.3) is 5.91 Å². The summed E-state index contributed by atoms with van der Waals surface area (Å²) in [6.07, 6.45) is 2.40. The van der Waals surface area contributed by atoms with Crippen LogP contribution in [0.5, 0.6) is 5.75 Å². The smallest absolute Gasteiger partial charge is 0.251 e. The predicted molar refractivity (Wildman–Crippen MR) is 122 cm³/mol. The Kier molecular flexibility index (Phi) is 9.95. The zero-order valence-electron chi connectivity index (χ0n) is 16.8. The molecule has 8 nitrogen and oxygen atoms in total. The summed E-state index contributed by atoms with van der Waals surface area (Å²) in [6, 6.07) is 6.19. The molecule has 2 saturated heterocycles. The summed E-state index contributed by atoms with van der Waals surface area (Å²) in [5.41, 5.74) is 0.515. The number of nitrogens with one attached hydrogen (secondary N) is 2. The molecule has 0 radical (unpaired) electrons. The molecule has 0 spiro atoms. The number of amides is 1. The average molecular weight is 518 g/mol. The fraction of sp³-hybridized carbons (Fsp3) is 0.600. The number of morpholine rings is 1. The van der Waals surface area contributed by atoms with Crippen LogP contribution in [0.2, 0.25) is 0 Å². The first-order valence-corrected chi connectivity index (χ1v) is 10.0. The van der Waals surface area contributed by atoms with Gasteiger partial charge in [0.1, 0.15) is 11.9 Å². The van der Waals surface area contributed by atoms with Gasteiger partial charge < -0.3 is 30.1 Å². The lowest BCUT2D eigenvalue weighted by molar-refractivity contribution is -0.0817. The minimum absolute atomic E-state index is 0. The Bertz CT molecular complexity index is 665. The maximum absolute atomic E-state index is 12.1. The molecule has 0 bridgehead atoms. The summed E-state index contributed by atoms with van der Waals surface area (Å²) >= 11 is 0. The molecule has 2 atom stereocenters. The average Bonchev–Trinajstić information content (AvgIpc) is 3.26. The topological polar surface area (TPSA) is 95.4 Å². The van der Waals surface area contributed by atoms with Crippen molar-refractivity contribution in [2.75, 3.05) is 45.9 Å². The van der Waals surface area contributed by atoms with Gasteiger partial charge in [0, 0.05) is 38.3 Å². The van der Waals surface area contributed by atoms with Crippen LogP contribution in [0.25, 0.3) is 0 Å². The van der Waals surface area contributed by atoms with Gasteiger partial charge in [-0.15, -0.1) is 24.0 Å². The van der Waals surface area contributed by atoms with E-state index in [9.17, 15) is 9.90 Å². The van der Waals surface area contributed by atoms with Crippen LogP contribution in [0.3, 0.4) is 0 Å². The fourth-order valence-corrected chi connectivity index (χ4v) is 3.46. The first-order chi connectivity index (χ1) is 13.7. The minimum Gasteiger partial charge on any atom is -0.508 e. The number of halogens is 1. The highest BCUT2D eigenvalue weighted by molar-refractivity contribution is 14.0. The molecule has 1 amide bonds. The maximum atomic E-state index is 12.1. The van der Waals surface area contributed by atoms with Gasteiger partial charge in [-0.2, -0.15) is 0 Å². The van der Waals surface area contributed by atoms with Gasteiger partial charge in [-0.25, -0.2) is 0 Å². The lowest BCUT2D eigenvalue weighted by atomic mass is 10.1. The molecule has 3 N–H and O–H groups in total. The van der Waals surface area contributed by atoms with E-state index in [2.05, 4.69) is 20.5 Å². The third-order valence-electron chi connectivity index (χ3n) is 4.90. The Balaban J connectivity index is 0.00000300. The zero-order valence-corrected chi connectivity index (χ0v) is 19.1. The molecule has 0 saturated carbocycles. The van der Waals surface area contributed by atoms with Crippen molar-refractivity contribution in [2.45, 2.75) is 32.0 Å². The lowest BCUT2D eigenvalue weighted by Gasteiger charge is -2.37. The van der Waals surface area contributed by atoms with Gasteiger partial charge in [-0.3, -0.25) is 9.79 Å². The number of phenols is 1. The first-order valence-electron chi connectivity index (χ1n) is 10.0. The molecule has 2 unspecified atom stereocenters. The van der Waals surface area contributed by atoms with Crippen molar-refractivity contribution < 1.29 is 19.4 Å². The monoisotopic (exact) mass is 518 g/mol. The third kappa shape index (κ3) is 7.00. The van der Waals surface area contributed by atoms with E-state index < -0.39 is 0 Å². The van der Waals surface area contributed by atoms with Gasteiger partial charge >= 0.3 is 0 Å². The number of guanidine groups is 1. The number of nitrogens with zero attached hydrogens (tertiary/aromatic N) is 2. The van der Waals surface area contributed by atoms with Crippen LogP contribution in [0.15, 0.2) is 29.3 Å². The number of carbonyl (C=O) groups is 1. The van der Waals surface area contributed by atoms with Crippen LogP contribution in [0.4, 0.5) is 0 Å². The molecule has 2 heterocycles.